The third-order valence-electron chi connectivity index (χ3n) is 2.91. The van der Waals surface area contributed by atoms with Crippen LogP contribution in [0, 0.1) is 22.7 Å². The highest BCUT2D eigenvalue weighted by molar-refractivity contribution is 5.03. The lowest BCUT2D eigenvalue weighted by molar-refractivity contribution is 0.472. The van der Waals surface area contributed by atoms with E-state index in [1.807, 2.05) is 0 Å². The molecule has 0 radical (unpaired) electrons. The average molecular weight is 248 g/mol. The Balaban J connectivity index is 4.40. The first kappa shape index (κ1) is 16.6. The van der Waals surface area contributed by atoms with Gasteiger partial charge in [-0.25, -0.2) is 0 Å². The lowest BCUT2D eigenvalue weighted by Crippen LogP contribution is -2.19. The van der Waals surface area contributed by atoms with Gasteiger partial charge in [-0.3, -0.25) is 0 Å². The molecule has 18 heavy (non-hydrogen) atoms. The fourth-order valence-corrected chi connectivity index (χ4v) is 1.59. The Morgan fingerprint density at radius 3 is 2.28 bits per heavy atom. The molecule has 4 nitrogen and oxygen atoms in total. The molecule has 0 aromatic heterocycles. The van der Waals surface area contributed by atoms with Gasteiger partial charge in [-0.1, -0.05) is 39.5 Å². The van der Waals surface area contributed by atoms with Crippen molar-refractivity contribution < 1.29 is 0 Å². The van der Waals surface area contributed by atoms with Gasteiger partial charge < -0.3 is 0 Å². The molecule has 0 fully saturated rings. The lowest BCUT2D eigenvalue weighted by Gasteiger charge is -2.15. The summed E-state index contributed by atoms with van der Waals surface area (Å²) in [6.07, 6.45) is 6.65. The van der Waals surface area contributed by atoms with Crippen LogP contribution in [0.15, 0.2) is 10.2 Å². The molecule has 100 valence electrons. The van der Waals surface area contributed by atoms with Crippen molar-refractivity contribution in [3.05, 3.63) is 0 Å². The third-order valence-corrected chi connectivity index (χ3v) is 2.91. The van der Waals surface area contributed by atoms with Crippen molar-refractivity contribution >= 4 is 0 Å². The summed E-state index contributed by atoms with van der Waals surface area (Å²) < 4.78 is 0. The molecule has 0 heterocycles. The number of unbranched alkanes of at least 4 members (excludes halogenated alkanes) is 3. The average Bonchev–Trinajstić information content (AvgIpc) is 2.39. The van der Waals surface area contributed by atoms with Gasteiger partial charge in [0, 0.05) is 0 Å². The maximum Gasteiger partial charge on any atom is 0.164 e. The smallest absolute Gasteiger partial charge is 0.164 e. The second-order valence-electron chi connectivity index (χ2n) is 4.85. The molecule has 0 aliphatic carbocycles. The van der Waals surface area contributed by atoms with E-state index in [1.54, 1.807) is 6.92 Å². The van der Waals surface area contributed by atoms with Crippen LogP contribution in [0.1, 0.15) is 65.7 Å². The monoisotopic (exact) mass is 248 g/mol. The number of nitriles is 2. The third kappa shape index (κ3) is 7.01. The molecule has 0 bridgehead atoms. The van der Waals surface area contributed by atoms with Gasteiger partial charge >= 0.3 is 0 Å². The molecule has 0 saturated carbocycles. The van der Waals surface area contributed by atoms with E-state index < -0.39 is 11.6 Å². The standard InChI is InChI=1S/C14H24N4/c1-4-6-8-10-14(3,12-16)18-17-13(11-15)9-7-5-2/h13H,4-10H2,1-3H3. The van der Waals surface area contributed by atoms with Crippen LogP contribution in [0.3, 0.4) is 0 Å². The van der Waals surface area contributed by atoms with Crippen molar-refractivity contribution in [2.24, 2.45) is 10.2 Å². The quantitative estimate of drug-likeness (QED) is 0.448. The van der Waals surface area contributed by atoms with Crippen LogP contribution >= 0.6 is 0 Å². The van der Waals surface area contributed by atoms with Crippen LogP contribution in [-0.2, 0) is 0 Å². The fraction of sp³-hybridized carbons (Fsp3) is 0.857. The van der Waals surface area contributed by atoms with E-state index in [4.69, 9.17) is 10.5 Å². The maximum atomic E-state index is 9.16. The van der Waals surface area contributed by atoms with Crippen LogP contribution in [0.2, 0.25) is 0 Å². The molecule has 0 rings (SSSR count). The first-order valence-corrected chi connectivity index (χ1v) is 6.84. The maximum absolute atomic E-state index is 9.16. The van der Waals surface area contributed by atoms with Crippen LogP contribution in [-0.4, -0.2) is 11.6 Å². The number of azo groups is 1. The minimum atomic E-state index is -0.767. The van der Waals surface area contributed by atoms with Crippen LogP contribution in [0.5, 0.6) is 0 Å². The van der Waals surface area contributed by atoms with Gasteiger partial charge in [0.25, 0.3) is 0 Å². The SMILES string of the molecule is CCCCCC(C)(C#N)N=NC(C#N)CCCC. The topological polar surface area (TPSA) is 72.3 Å². The van der Waals surface area contributed by atoms with Crippen molar-refractivity contribution in [1.29, 1.82) is 10.5 Å². The highest BCUT2D eigenvalue weighted by Gasteiger charge is 2.23. The second kappa shape index (κ2) is 9.59. The Kier molecular flexibility index (Phi) is 8.84. The van der Waals surface area contributed by atoms with Crippen LogP contribution in [0.25, 0.3) is 0 Å². The van der Waals surface area contributed by atoms with E-state index in [1.165, 1.54) is 0 Å². The summed E-state index contributed by atoms with van der Waals surface area (Å²) in [6.45, 7) is 6.00. The minimum absolute atomic E-state index is 0.399. The van der Waals surface area contributed by atoms with Crippen LogP contribution < -0.4 is 0 Å². The summed E-state index contributed by atoms with van der Waals surface area (Å²) in [4.78, 5) is 0. The normalized spacial score (nSPS) is 15.8. The first-order valence-electron chi connectivity index (χ1n) is 6.84. The van der Waals surface area contributed by atoms with Gasteiger partial charge in [0.1, 0.15) is 0 Å². The molecule has 0 aromatic carbocycles. The van der Waals surface area contributed by atoms with Crippen molar-refractivity contribution in [3.63, 3.8) is 0 Å². The van der Waals surface area contributed by atoms with E-state index in [9.17, 15) is 0 Å². The summed E-state index contributed by atoms with van der Waals surface area (Å²) in [5.41, 5.74) is -0.767. The molecule has 0 aliphatic heterocycles. The molecular formula is C14H24N4. The highest BCUT2D eigenvalue weighted by atomic mass is 15.2. The molecule has 0 aliphatic rings. The van der Waals surface area contributed by atoms with Gasteiger partial charge in [-0.15, -0.1) is 0 Å². The zero-order valence-corrected chi connectivity index (χ0v) is 11.8. The predicted molar refractivity (Wildman–Crippen MR) is 71.9 cm³/mol. The fourth-order valence-electron chi connectivity index (χ4n) is 1.59. The lowest BCUT2D eigenvalue weighted by atomic mass is 9.97. The summed E-state index contributed by atoms with van der Waals surface area (Å²) in [7, 11) is 0. The highest BCUT2D eigenvalue weighted by Crippen LogP contribution is 2.20. The van der Waals surface area contributed by atoms with Crippen molar-refractivity contribution in [1.82, 2.24) is 0 Å². The Labute approximate surface area is 111 Å². The molecular weight excluding hydrogens is 224 g/mol. The number of rotatable bonds is 9. The molecule has 0 aromatic rings. The number of hydrogen-bond donors (Lipinski definition) is 0. The molecule has 0 saturated heterocycles. The second-order valence-corrected chi connectivity index (χ2v) is 4.85. The zero-order valence-electron chi connectivity index (χ0n) is 11.8. The van der Waals surface area contributed by atoms with Gasteiger partial charge in [0.15, 0.2) is 11.6 Å². The van der Waals surface area contributed by atoms with E-state index in [2.05, 4.69) is 36.2 Å². The Bertz CT molecular complexity index is 324. The Morgan fingerprint density at radius 1 is 1.11 bits per heavy atom. The van der Waals surface area contributed by atoms with Gasteiger partial charge in [-0.05, 0) is 26.2 Å². The Morgan fingerprint density at radius 2 is 1.78 bits per heavy atom. The molecule has 0 spiro atoms. The Hall–Kier alpha value is -1.42. The van der Waals surface area contributed by atoms with Crippen molar-refractivity contribution in [3.8, 4) is 12.1 Å². The zero-order chi connectivity index (χ0) is 13.9. The van der Waals surface area contributed by atoms with Crippen molar-refractivity contribution in [2.75, 3.05) is 0 Å². The molecule has 0 N–H and O–H groups in total. The first-order chi connectivity index (χ1) is 8.61. The minimum Gasteiger partial charge on any atom is -0.196 e. The molecule has 2 unspecified atom stereocenters. The molecule has 0 amide bonds. The van der Waals surface area contributed by atoms with E-state index in [0.717, 1.165) is 38.5 Å². The summed E-state index contributed by atoms with van der Waals surface area (Å²) in [5, 5.41) is 26.3. The van der Waals surface area contributed by atoms with Crippen LogP contribution in [0.4, 0.5) is 0 Å². The van der Waals surface area contributed by atoms with Gasteiger partial charge in [-0.2, -0.15) is 20.8 Å². The summed E-state index contributed by atoms with van der Waals surface area (Å²) in [5.74, 6) is 0. The van der Waals surface area contributed by atoms with E-state index in [0.29, 0.717) is 6.42 Å². The van der Waals surface area contributed by atoms with E-state index >= 15 is 0 Å². The molecule has 4 heteroatoms. The van der Waals surface area contributed by atoms with Gasteiger partial charge in [0.05, 0.1) is 12.1 Å². The largest absolute Gasteiger partial charge is 0.196 e. The molecule has 2 atom stereocenters. The number of hydrogen-bond acceptors (Lipinski definition) is 4. The van der Waals surface area contributed by atoms with E-state index in [-0.39, 0.29) is 0 Å². The number of nitrogens with zero attached hydrogens (tertiary/aromatic N) is 4. The van der Waals surface area contributed by atoms with Crippen molar-refractivity contribution in [2.45, 2.75) is 77.3 Å². The van der Waals surface area contributed by atoms with Gasteiger partial charge in [0.2, 0.25) is 0 Å². The summed E-state index contributed by atoms with van der Waals surface area (Å²) in [6, 6.07) is 3.93. The predicted octanol–water partition coefficient (Wildman–Crippen LogP) is 4.38. The summed E-state index contributed by atoms with van der Waals surface area (Å²) >= 11 is 0.